The number of hydrogen-bond donors (Lipinski definition) is 7. The lowest BCUT2D eigenvalue weighted by atomic mass is 10.1. The minimum Gasteiger partial charge on any atom is -0.394 e. The van der Waals surface area contributed by atoms with Crippen LogP contribution in [-0.2, 0) is 14.2 Å². The highest BCUT2D eigenvalue weighted by Crippen LogP contribution is 2.35. The molecule has 2 heterocycles. The van der Waals surface area contributed by atoms with E-state index < -0.39 is 68.8 Å². The van der Waals surface area contributed by atoms with Crippen molar-refractivity contribution in [2.75, 3.05) is 26.4 Å². The number of aliphatic hydroxyl groups excluding tert-OH is 7. The summed E-state index contributed by atoms with van der Waals surface area (Å²) in [5.74, 6) is -1.99. The molecule has 0 aromatic heterocycles. The summed E-state index contributed by atoms with van der Waals surface area (Å²) in [6.07, 6.45) is -8.11. The molecule has 1 radical (unpaired) electrons. The van der Waals surface area contributed by atoms with Crippen molar-refractivity contribution >= 4 is 0 Å². The van der Waals surface area contributed by atoms with Crippen molar-refractivity contribution in [2.24, 2.45) is 0 Å². The van der Waals surface area contributed by atoms with Crippen LogP contribution in [0.2, 0.25) is 0 Å². The fourth-order valence-corrected chi connectivity index (χ4v) is 2.49. The zero-order chi connectivity index (χ0) is 16.5. The molecule has 0 saturated carbocycles. The molecule has 2 fully saturated rings. The van der Waals surface area contributed by atoms with E-state index in [1.807, 2.05) is 0 Å². The average molecular weight is 325 g/mol. The van der Waals surface area contributed by atoms with E-state index in [0.29, 0.717) is 0 Å². The first-order chi connectivity index (χ1) is 10.4. The van der Waals surface area contributed by atoms with Crippen molar-refractivity contribution in [2.45, 2.75) is 42.4 Å². The zero-order valence-corrected chi connectivity index (χ0v) is 11.6. The highest BCUT2D eigenvalue weighted by Gasteiger charge is 2.56. The average Bonchev–Trinajstić information content (AvgIpc) is 2.95. The third-order valence-electron chi connectivity index (χ3n) is 3.88. The molecule has 0 aromatic rings. The lowest BCUT2D eigenvalue weighted by Crippen LogP contribution is -2.49. The summed E-state index contributed by atoms with van der Waals surface area (Å²) in [7, 11) is 0. The smallest absolute Gasteiger partial charge is 0.221 e. The summed E-state index contributed by atoms with van der Waals surface area (Å²) in [5.41, 5.74) is 0. The van der Waals surface area contributed by atoms with E-state index in [4.69, 9.17) is 24.4 Å². The Bertz CT molecular complexity index is 368. The fraction of sp³-hybridized carbons (Fsp3) is 0.917. The van der Waals surface area contributed by atoms with Gasteiger partial charge in [-0.15, -0.1) is 0 Å². The summed E-state index contributed by atoms with van der Waals surface area (Å²) in [6, 6.07) is 0. The van der Waals surface area contributed by atoms with Gasteiger partial charge in [-0.2, -0.15) is 0 Å². The molecule has 0 spiro atoms. The van der Waals surface area contributed by atoms with E-state index >= 15 is 0 Å². The molecule has 0 aromatic carbocycles. The lowest BCUT2D eigenvalue weighted by molar-refractivity contribution is -0.279. The molecule has 2 saturated heterocycles. The number of ether oxygens (including phenoxy) is 3. The van der Waals surface area contributed by atoms with E-state index in [-0.39, 0.29) is 6.10 Å². The van der Waals surface area contributed by atoms with Crippen LogP contribution in [0.25, 0.3) is 0 Å². The van der Waals surface area contributed by atoms with Crippen LogP contribution < -0.4 is 0 Å². The summed E-state index contributed by atoms with van der Waals surface area (Å²) >= 11 is 0. The lowest BCUT2D eigenvalue weighted by Gasteiger charge is -2.31. The maximum Gasteiger partial charge on any atom is 0.221 e. The molecule has 10 nitrogen and oxygen atoms in total. The number of hydrogen-bond acceptors (Lipinski definition) is 10. The van der Waals surface area contributed by atoms with Gasteiger partial charge in [0.05, 0.1) is 19.8 Å². The van der Waals surface area contributed by atoms with Crippen LogP contribution in [0.15, 0.2) is 0 Å². The van der Waals surface area contributed by atoms with Crippen LogP contribution >= 0.6 is 0 Å². The highest BCUT2D eigenvalue weighted by atomic mass is 16.7. The molecule has 10 heteroatoms. The molecular weight excluding hydrogens is 304 g/mol. The second-order valence-corrected chi connectivity index (χ2v) is 5.27. The van der Waals surface area contributed by atoms with Gasteiger partial charge in [-0.05, 0) is 0 Å². The molecule has 7 atom stereocenters. The Morgan fingerprint density at radius 2 is 1.59 bits per heavy atom. The Labute approximate surface area is 126 Å². The highest BCUT2D eigenvalue weighted by molar-refractivity contribution is 5.04. The van der Waals surface area contributed by atoms with Gasteiger partial charge in [0.1, 0.15) is 43.2 Å². The second-order valence-electron chi connectivity index (χ2n) is 5.27. The third-order valence-corrected chi connectivity index (χ3v) is 3.88. The SMILES string of the molecule is OC[C@H]1OC(CO)(OC[C]2O[C@H](CO)[C@@H](O)[C@@H]2O)[C@@H](O)[C@@H]1O. The first-order valence-corrected chi connectivity index (χ1v) is 6.79. The monoisotopic (exact) mass is 325 g/mol. The molecule has 0 bridgehead atoms. The van der Waals surface area contributed by atoms with Crippen LogP contribution in [0, 0.1) is 6.10 Å². The van der Waals surface area contributed by atoms with Gasteiger partial charge in [0.25, 0.3) is 0 Å². The largest absolute Gasteiger partial charge is 0.394 e. The molecule has 2 rings (SSSR count). The van der Waals surface area contributed by atoms with E-state index in [1.165, 1.54) is 0 Å². The van der Waals surface area contributed by atoms with Crippen LogP contribution in [0.1, 0.15) is 0 Å². The fourth-order valence-electron chi connectivity index (χ4n) is 2.49. The summed E-state index contributed by atoms with van der Waals surface area (Å²) in [5, 5.41) is 66.4. The van der Waals surface area contributed by atoms with Gasteiger partial charge in [-0.1, -0.05) is 0 Å². The maximum atomic E-state index is 9.93. The molecule has 1 unspecified atom stereocenters. The zero-order valence-electron chi connectivity index (χ0n) is 11.6. The van der Waals surface area contributed by atoms with Gasteiger partial charge in [-0.3, -0.25) is 0 Å². The molecule has 2 aliphatic heterocycles. The Morgan fingerprint density at radius 3 is 2.05 bits per heavy atom. The van der Waals surface area contributed by atoms with Gasteiger partial charge in [0.15, 0.2) is 6.10 Å². The quantitative estimate of drug-likeness (QED) is 0.252. The Balaban J connectivity index is 2.00. The van der Waals surface area contributed by atoms with E-state index in [9.17, 15) is 25.5 Å². The first-order valence-electron chi connectivity index (χ1n) is 6.79. The Hall–Kier alpha value is -0.400. The van der Waals surface area contributed by atoms with Crippen molar-refractivity contribution in [3.63, 3.8) is 0 Å². The van der Waals surface area contributed by atoms with Gasteiger partial charge in [0, 0.05) is 0 Å². The van der Waals surface area contributed by atoms with Crippen LogP contribution in [0.4, 0.5) is 0 Å². The molecule has 0 aliphatic carbocycles. The van der Waals surface area contributed by atoms with Gasteiger partial charge >= 0.3 is 0 Å². The maximum absolute atomic E-state index is 9.93. The van der Waals surface area contributed by atoms with E-state index in [1.54, 1.807) is 0 Å². The van der Waals surface area contributed by atoms with Gasteiger partial charge < -0.3 is 50.0 Å². The standard InChI is InChI=1S/C12H21O10/c13-1-5-8(16)9(17)7(21-5)3-20-12(4-15)11(19)10(18)6(2-14)22-12/h5-6,8-11,13-19H,1-4H2/t5-,6-,8-,9-,10-,11+,12?/m1/s1. The van der Waals surface area contributed by atoms with Crippen molar-refractivity contribution < 1.29 is 50.0 Å². The third kappa shape index (κ3) is 2.99. The van der Waals surface area contributed by atoms with Gasteiger partial charge in [-0.25, -0.2) is 0 Å². The van der Waals surface area contributed by atoms with Crippen LogP contribution in [0.5, 0.6) is 0 Å². The van der Waals surface area contributed by atoms with Crippen molar-refractivity contribution in [1.82, 2.24) is 0 Å². The predicted octanol–water partition coefficient (Wildman–Crippen LogP) is -4.55. The summed E-state index contributed by atoms with van der Waals surface area (Å²) in [4.78, 5) is 0. The number of aliphatic hydroxyl groups is 7. The van der Waals surface area contributed by atoms with E-state index in [2.05, 4.69) is 0 Å². The molecule has 7 N–H and O–H groups in total. The minimum atomic E-state index is -1.99. The van der Waals surface area contributed by atoms with E-state index in [0.717, 1.165) is 0 Å². The molecular formula is C12H21O10. The Kier molecular flexibility index (Phi) is 5.72. The second kappa shape index (κ2) is 7.01. The normalized spacial score (nSPS) is 46.5. The topological polar surface area (TPSA) is 169 Å². The summed E-state index contributed by atoms with van der Waals surface area (Å²) < 4.78 is 15.5. The first kappa shape index (κ1) is 17.9. The van der Waals surface area contributed by atoms with Crippen molar-refractivity contribution in [1.29, 1.82) is 0 Å². The van der Waals surface area contributed by atoms with Crippen molar-refractivity contribution in [3.8, 4) is 0 Å². The predicted molar refractivity (Wildman–Crippen MR) is 67.0 cm³/mol. The van der Waals surface area contributed by atoms with Gasteiger partial charge in [0.2, 0.25) is 5.79 Å². The molecule has 129 valence electrons. The Morgan fingerprint density at radius 1 is 0.955 bits per heavy atom. The van der Waals surface area contributed by atoms with Crippen LogP contribution in [0.3, 0.4) is 0 Å². The summed E-state index contributed by atoms with van der Waals surface area (Å²) in [6.45, 7) is -2.39. The van der Waals surface area contributed by atoms with Crippen LogP contribution in [-0.4, -0.2) is 105 Å². The molecule has 0 amide bonds. The number of rotatable bonds is 6. The molecule has 22 heavy (non-hydrogen) atoms. The molecule has 2 aliphatic rings. The van der Waals surface area contributed by atoms with Crippen molar-refractivity contribution in [3.05, 3.63) is 6.10 Å². The minimum absolute atomic E-state index is 0.114.